The fourth-order valence-electron chi connectivity index (χ4n) is 2.87. The molecule has 1 amide bonds. The van der Waals surface area contributed by atoms with Crippen molar-refractivity contribution < 1.29 is 4.79 Å². The first-order chi connectivity index (χ1) is 11.0. The summed E-state index contributed by atoms with van der Waals surface area (Å²) in [4.78, 5) is 32.5. The molecule has 122 valence electrons. The van der Waals surface area contributed by atoms with Crippen LogP contribution in [0, 0.1) is 6.92 Å². The van der Waals surface area contributed by atoms with E-state index in [0.717, 1.165) is 30.9 Å². The van der Waals surface area contributed by atoms with Crippen LogP contribution in [0.4, 0.5) is 5.95 Å². The van der Waals surface area contributed by atoms with Crippen LogP contribution >= 0.6 is 0 Å². The summed E-state index contributed by atoms with van der Waals surface area (Å²) in [6.07, 6.45) is 7.07. The van der Waals surface area contributed by atoms with E-state index in [2.05, 4.69) is 19.9 Å². The van der Waals surface area contributed by atoms with Gasteiger partial charge in [-0.05, 0) is 19.8 Å². The molecule has 7 heteroatoms. The fourth-order valence-corrected chi connectivity index (χ4v) is 2.87. The molecule has 3 heterocycles. The number of carbonyl (C=O) groups excluding carboxylic acids is 1. The molecule has 0 aliphatic carbocycles. The Morgan fingerprint density at radius 3 is 2.61 bits per heavy atom. The molecule has 1 aliphatic rings. The highest BCUT2D eigenvalue weighted by Crippen LogP contribution is 2.25. The van der Waals surface area contributed by atoms with E-state index in [1.165, 1.54) is 0 Å². The number of anilines is 1. The summed E-state index contributed by atoms with van der Waals surface area (Å²) >= 11 is 0. The van der Waals surface area contributed by atoms with E-state index in [1.54, 1.807) is 12.4 Å². The Balaban J connectivity index is 1.71. The molecule has 3 rings (SSSR count). The summed E-state index contributed by atoms with van der Waals surface area (Å²) in [5.74, 6) is 1.83. The second-order valence-electron chi connectivity index (χ2n) is 6.21. The lowest BCUT2D eigenvalue weighted by molar-refractivity contribution is 0.0704. The number of aromatic nitrogens is 4. The molecule has 1 unspecified atom stereocenters. The van der Waals surface area contributed by atoms with Gasteiger partial charge in [0.1, 0.15) is 5.82 Å². The van der Waals surface area contributed by atoms with Gasteiger partial charge in [0.25, 0.3) is 5.91 Å². The number of rotatable bonds is 3. The number of carbonyl (C=O) groups is 1. The first kappa shape index (κ1) is 15.5. The molecular weight excluding hydrogens is 292 g/mol. The number of nitrogens with one attached hydrogen (secondary N) is 1. The van der Waals surface area contributed by atoms with Crippen molar-refractivity contribution in [1.82, 2.24) is 24.8 Å². The lowest BCUT2D eigenvalue weighted by Gasteiger charge is -2.31. The highest BCUT2D eigenvalue weighted by Gasteiger charge is 2.27. The summed E-state index contributed by atoms with van der Waals surface area (Å²) in [6.45, 7) is 3.44. The molecule has 2 aromatic heterocycles. The number of aryl methyl sites for hydroxylation is 1. The van der Waals surface area contributed by atoms with Crippen molar-refractivity contribution >= 4 is 11.9 Å². The van der Waals surface area contributed by atoms with Gasteiger partial charge in [0.2, 0.25) is 5.95 Å². The SMILES string of the molecule is Cc1cnc(C2CCCN(C(=O)c3cnc(N(C)C)nc3)C2)[nH]1. The minimum atomic E-state index is -0.0108. The zero-order chi connectivity index (χ0) is 16.4. The van der Waals surface area contributed by atoms with Gasteiger partial charge in [-0.3, -0.25) is 4.79 Å². The summed E-state index contributed by atoms with van der Waals surface area (Å²) in [7, 11) is 3.74. The molecule has 1 fully saturated rings. The zero-order valence-corrected chi connectivity index (χ0v) is 13.8. The zero-order valence-electron chi connectivity index (χ0n) is 13.8. The van der Waals surface area contributed by atoms with Gasteiger partial charge in [-0.2, -0.15) is 0 Å². The Kier molecular flexibility index (Phi) is 4.27. The molecule has 7 nitrogen and oxygen atoms in total. The van der Waals surface area contributed by atoms with Crippen molar-refractivity contribution in [2.75, 3.05) is 32.1 Å². The standard InChI is InChI=1S/C16H22N6O/c1-11-7-17-14(20-11)12-5-4-6-22(10-12)15(23)13-8-18-16(19-9-13)21(2)3/h7-9,12H,4-6,10H2,1-3H3,(H,17,20). The third-order valence-corrected chi connectivity index (χ3v) is 4.10. The van der Waals surface area contributed by atoms with Crippen LogP contribution in [-0.4, -0.2) is 57.9 Å². The Hall–Kier alpha value is -2.44. The molecule has 0 spiro atoms. The maximum Gasteiger partial charge on any atom is 0.257 e. The van der Waals surface area contributed by atoms with Crippen molar-refractivity contribution in [2.45, 2.75) is 25.7 Å². The molecule has 0 bridgehead atoms. The van der Waals surface area contributed by atoms with Crippen LogP contribution in [0.25, 0.3) is 0 Å². The quantitative estimate of drug-likeness (QED) is 0.931. The highest BCUT2D eigenvalue weighted by molar-refractivity contribution is 5.93. The maximum absolute atomic E-state index is 12.7. The third-order valence-electron chi connectivity index (χ3n) is 4.10. The van der Waals surface area contributed by atoms with Crippen LogP contribution < -0.4 is 4.90 Å². The predicted molar refractivity (Wildman–Crippen MR) is 87.6 cm³/mol. The fraction of sp³-hybridized carbons (Fsp3) is 0.500. The van der Waals surface area contributed by atoms with Crippen LogP contribution in [0.1, 0.15) is 40.6 Å². The number of amides is 1. The number of likely N-dealkylation sites (tertiary alicyclic amines) is 1. The van der Waals surface area contributed by atoms with Crippen molar-refractivity contribution in [3.05, 3.63) is 35.7 Å². The van der Waals surface area contributed by atoms with Crippen molar-refractivity contribution in [2.24, 2.45) is 0 Å². The number of nitrogens with zero attached hydrogens (tertiary/aromatic N) is 5. The molecule has 0 aromatic carbocycles. The van der Waals surface area contributed by atoms with Crippen molar-refractivity contribution in [3.8, 4) is 0 Å². The number of piperidine rings is 1. The van der Waals surface area contributed by atoms with Crippen molar-refractivity contribution in [1.29, 1.82) is 0 Å². The van der Waals surface area contributed by atoms with Gasteiger partial charge >= 0.3 is 0 Å². The highest BCUT2D eigenvalue weighted by atomic mass is 16.2. The first-order valence-corrected chi connectivity index (χ1v) is 7.84. The molecule has 1 N–H and O–H groups in total. The van der Waals surface area contributed by atoms with E-state index in [1.807, 2.05) is 37.0 Å². The van der Waals surface area contributed by atoms with E-state index in [-0.39, 0.29) is 11.8 Å². The van der Waals surface area contributed by atoms with E-state index in [0.29, 0.717) is 18.1 Å². The van der Waals surface area contributed by atoms with Crippen molar-refractivity contribution in [3.63, 3.8) is 0 Å². The second-order valence-corrected chi connectivity index (χ2v) is 6.21. The molecule has 0 saturated carbocycles. The summed E-state index contributed by atoms with van der Waals surface area (Å²) in [6, 6.07) is 0. The van der Waals surface area contributed by atoms with Crippen LogP contribution in [0.3, 0.4) is 0 Å². The Morgan fingerprint density at radius 2 is 2.00 bits per heavy atom. The Labute approximate surface area is 135 Å². The van der Waals surface area contributed by atoms with Gasteiger partial charge in [0.15, 0.2) is 0 Å². The molecule has 23 heavy (non-hydrogen) atoms. The molecule has 0 radical (unpaired) electrons. The van der Waals surface area contributed by atoms with Gasteiger partial charge in [0, 0.05) is 57.4 Å². The second kappa shape index (κ2) is 6.36. The van der Waals surface area contributed by atoms with E-state index in [4.69, 9.17) is 0 Å². The molecule has 1 atom stereocenters. The molecular formula is C16H22N6O. The van der Waals surface area contributed by atoms with Gasteiger partial charge in [-0.1, -0.05) is 0 Å². The number of aromatic amines is 1. The Bertz CT molecular complexity index is 678. The largest absolute Gasteiger partial charge is 0.347 e. The summed E-state index contributed by atoms with van der Waals surface area (Å²) in [5, 5.41) is 0. The first-order valence-electron chi connectivity index (χ1n) is 7.84. The summed E-state index contributed by atoms with van der Waals surface area (Å²) < 4.78 is 0. The van der Waals surface area contributed by atoms with E-state index >= 15 is 0 Å². The Morgan fingerprint density at radius 1 is 1.26 bits per heavy atom. The molecule has 2 aromatic rings. The van der Waals surface area contributed by atoms with Crippen LogP contribution in [-0.2, 0) is 0 Å². The number of hydrogen-bond donors (Lipinski definition) is 1. The maximum atomic E-state index is 12.7. The van der Waals surface area contributed by atoms with Gasteiger partial charge in [0.05, 0.1) is 5.56 Å². The molecule has 1 aliphatic heterocycles. The monoisotopic (exact) mass is 314 g/mol. The average molecular weight is 314 g/mol. The average Bonchev–Trinajstić information content (AvgIpc) is 3.01. The normalized spacial score (nSPS) is 18.0. The topological polar surface area (TPSA) is 78.0 Å². The van der Waals surface area contributed by atoms with Crippen LogP contribution in [0.5, 0.6) is 0 Å². The van der Waals surface area contributed by atoms with E-state index < -0.39 is 0 Å². The smallest absolute Gasteiger partial charge is 0.257 e. The number of imidazole rings is 1. The third kappa shape index (κ3) is 3.33. The van der Waals surface area contributed by atoms with Crippen LogP contribution in [0.15, 0.2) is 18.6 Å². The minimum absolute atomic E-state index is 0.0108. The van der Waals surface area contributed by atoms with Gasteiger partial charge in [-0.15, -0.1) is 0 Å². The van der Waals surface area contributed by atoms with Crippen LogP contribution in [0.2, 0.25) is 0 Å². The number of hydrogen-bond acceptors (Lipinski definition) is 5. The summed E-state index contributed by atoms with van der Waals surface area (Å²) in [5.41, 5.74) is 1.59. The van der Waals surface area contributed by atoms with Gasteiger partial charge < -0.3 is 14.8 Å². The lowest BCUT2D eigenvalue weighted by Crippen LogP contribution is -2.39. The van der Waals surface area contributed by atoms with E-state index in [9.17, 15) is 4.79 Å². The lowest BCUT2D eigenvalue weighted by atomic mass is 9.97. The van der Waals surface area contributed by atoms with Gasteiger partial charge in [-0.25, -0.2) is 15.0 Å². The number of H-pyrrole nitrogens is 1. The minimum Gasteiger partial charge on any atom is -0.347 e. The molecule has 1 saturated heterocycles. The predicted octanol–water partition coefficient (Wildman–Crippen LogP) is 1.59.